The van der Waals surface area contributed by atoms with Crippen molar-refractivity contribution in [1.82, 2.24) is 0 Å². The molecule has 1 rings (SSSR count). The first-order valence-corrected chi connectivity index (χ1v) is 6.55. The van der Waals surface area contributed by atoms with Crippen LogP contribution in [0.1, 0.15) is 52.9 Å². The van der Waals surface area contributed by atoms with Crippen molar-refractivity contribution in [1.29, 1.82) is 0 Å². The average molecular weight is 229 g/mol. The van der Waals surface area contributed by atoms with Gasteiger partial charge in [-0.2, -0.15) is 0 Å². The second kappa shape index (κ2) is 5.48. The summed E-state index contributed by atoms with van der Waals surface area (Å²) in [6.07, 6.45) is 6.22. The van der Waals surface area contributed by atoms with E-state index in [1.54, 1.807) is 7.11 Å². The minimum Gasteiger partial charge on any atom is -0.379 e. The molecule has 3 heteroatoms. The summed E-state index contributed by atoms with van der Waals surface area (Å²) in [4.78, 5) is 1.50. The van der Waals surface area contributed by atoms with Gasteiger partial charge in [0.2, 0.25) is 0 Å². The number of quaternary nitrogens is 1. The first-order valence-electron chi connectivity index (χ1n) is 6.55. The lowest BCUT2D eigenvalue weighted by molar-refractivity contribution is -0.997. The first-order chi connectivity index (χ1) is 7.40. The highest BCUT2D eigenvalue weighted by atomic mass is 16.5. The summed E-state index contributed by atoms with van der Waals surface area (Å²) in [5.41, 5.74) is 6.80. The number of hydrogen-bond acceptors (Lipinski definition) is 2. The van der Waals surface area contributed by atoms with E-state index in [1.165, 1.54) is 24.2 Å². The largest absolute Gasteiger partial charge is 0.379 e. The molecule has 0 amide bonds. The Morgan fingerprint density at radius 1 is 1.19 bits per heavy atom. The van der Waals surface area contributed by atoms with Crippen LogP contribution in [0.4, 0.5) is 0 Å². The standard InChI is InChI=1S/C13H28N2O/c1-12(2,3)15(10-11-16-4)13(14)8-6-5-7-9-13/h5-11,14H2,1-4H3/p+1. The van der Waals surface area contributed by atoms with Crippen LogP contribution in [0.25, 0.3) is 0 Å². The van der Waals surface area contributed by atoms with E-state index in [9.17, 15) is 0 Å². The molecule has 0 aromatic rings. The van der Waals surface area contributed by atoms with E-state index in [0.717, 1.165) is 26.0 Å². The van der Waals surface area contributed by atoms with E-state index in [-0.39, 0.29) is 11.2 Å². The Morgan fingerprint density at radius 3 is 2.19 bits per heavy atom. The maximum absolute atomic E-state index is 6.64. The highest BCUT2D eigenvalue weighted by Crippen LogP contribution is 2.22. The Hall–Kier alpha value is -0.120. The molecule has 0 aromatic heterocycles. The highest BCUT2D eigenvalue weighted by Gasteiger charge is 2.43. The molecular formula is C13H29N2O+. The molecule has 1 unspecified atom stereocenters. The minimum absolute atomic E-state index is 0.0327. The molecule has 1 saturated carbocycles. The zero-order chi connectivity index (χ0) is 12.2. The summed E-state index contributed by atoms with van der Waals surface area (Å²) in [6.45, 7) is 8.64. The van der Waals surface area contributed by atoms with Gasteiger partial charge >= 0.3 is 0 Å². The zero-order valence-electron chi connectivity index (χ0n) is 11.4. The number of nitrogens with one attached hydrogen (secondary N) is 1. The van der Waals surface area contributed by atoms with Crippen molar-refractivity contribution in [2.24, 2.45) is 5.73 Å². The lowest BCUT2D eigenvalue weighted by Crippen LogP contribution is -3.28. The molecule has 1 fully saturated rings. The molecule has 1 atom stereocenters. The monoisotopic (exact) mass is 229 g/mol. The number of methoxy groups -OCH3 is 1. The molecule has 3 N–H and O–H groups in total. The van der Waals surface area contributed by atoms with Crippen LogP contribution in [0.2, 0.25) is 0 Å². The lowest BCUT2D eigenvalue weighted by atomic mass is 9.85. The van der Waals surface area contributed by atoms with Crippen LogP contribution in [0, 0.1) is 0 Å². The molecule has 0 heterocycles. The highest BCUT2D eigenvalue weighted by molar-refractivity contribution is 4.79. The van der Waals surface area contributed by atoms with Crippen molar-refractivity contribution in [2.75, 3.05) is 20.3 Å². The van der Waals surface area contributed by atoms with Crippen LogP contribution in [-0.2, 0) is 4.74 Å². The first kappa shape index (κ1) is 13.9. The second-order valence-corrected chi connectivity index (χ2v) is 6.19. The molecule has 16 heavy (non-hydrogen) atoms. The van der Waals surface area contributed by atoms with Gasteiger partial charge < -0.3 is 9.64 Å². The van der Waals surface area contributed by atoms with Crippen molar-refractivity contribution in [3.63, 3.8) is 0 Å². The Bertz CT molecular complexity index is 204. The maximum Gasteiger partial charge on any atom is 0.149 e. The van der Waals surface area contributed by atoms with Crippen molar-refractivity contribution in [2.45, 2.75) is 64.1 Å². The molecule has 0 aromatic carbocycles. The van der Waals surface area contributed by atoms with Gasteiger partial charge in [-0.25, -0.2) is 0 Å². The minimum atomic E-state index is -0.0327. The molecule has 0 aliphatic heterocycles. The third-order valence-electron chi connectivity index (χ3n) is 3.81. The fourth-order valence-corrected chi connectivity index (χ4v) is 3.06. The van der Waals surface area contributed by atoms with Gasteiger partial charge in [0.05, 0.1) is 12.1 Å². The van der Waals surface area contributed by atoms with Gasteiger partial charge in [-0.3, -0.25) is 5.73 Å². The second-order valence-electron chi connectivity index (χ2n) is 6.19. The summed E-state index contributed by atoms with van der Waals surface area (Å²) in [7, 11) is 1.77. The summed E-state index contributed by atoms with van der Waals surface area (Å²) >= 11 is 0. The van der Waals surface area contributed by atoms with Gasteiger partial charge in [0, 0.05) is 20.0 Å². The number of ether oxygens (including phenoxy) is 1. The van der Waals surface area contributed by atoms with Crippen LogP contribution >= 0.6 is 0 Å². The molecule has 0 bridgehead atoms. The van der Waals surface area contributed by atoms with Crippen LogP contribution < -0.4 is 10.6 Å². The number of rotatable bonds is 4. The van der Waals surface area contributed by atoms with E-state index >= 15 is 0 Å². The normalized spacial score (nSPS) is 23.1. The van der Waals surface area contributed by atoms with Gasteiger partial charge in [-0.15, -0.1) is 0 Å². The average Bonchev–Trinajstić information content (AvgIpc) is 2.17. The van der Waals surface area contributed by atoms with Crippen LogP contribution in [0.5, 0.6) is 0 Å². The zero-order valence-corrected chi connectivity index (χ0v) is 11.4. The summed E-state index contributed by atoms with van der Waals surface area (Å²) in [6, 6.07) is 0. The quantitative estimate of drug-likeness (QED) is 0.704. The molecule has 0 radical (unpaired) electrons. The Morgan fingerprint density at radius 2 is 1.75 bits per heavy atom. The van der Waals surface area contributed by atoms with Gasteiger partial charge in [-0.1, -0.05) is 6.42 Å². The van der Waals surface area contributed by atoms with Gasteiger partial charge in [0.25, 0.3) is 0 Å². The molecule has 0 saturated heterocycles. The predicted molar refractivity (Wildman–Crippen MR) is 67.5 cm³/mol. The maximum atomic E-state index is 6.64. The molecule has 1 aliphatic carbocycles. The van der Waals surface area contributed by atoms with Crippen molar-refractivity contribution < 1.29 is 9.64 Å². The summed E-state index contributed by atoms with van der Waals surface area (Å²) in [5.74, 6) is 0. The summed E-state index contributed by atoms with van der Waals surface area (Å²) in [5, 5.41) is 0. The predicted octanol–water partition coefficient (Wildman–Crippen LogP) is 0.935. The van der Waals surface area contributed by atoms with E-state index in [1.807, 2.05) is 0 Å². The number of hydrogen-bond donors (Lipinski definition) is 2. The SMILES string of the molecule is COCC[NH+](C(C)(C)C)C1(N)CCCCC1. The Kier molecular flexibility index (Phi) is 4.77. The number of nitrogens with two attached hydrogens (primary N) is 1. The Labute approximate surface area is 100 Å². The van der Waals surface area contributed by atoms with Gasteiger partial charge in [0.15, 0.2) is 0 Å². The van der Waals surface area contributed by atoms with E-state index < -0.39 is 0 Å². The van der Waals surface area contributed by atoms with Gasteiger partial charge in [-0.05, 0) is 33.6 Å². The fraction of sp³-hybridized carbons (Fsp3) is 1.00. The topological polar surface area (TPSA) is 39.7 Å². The third kappa shape index (κ3) is 3.44. The molecular weight excluding hydrogens is 200 g/mol. The van der Waals surface area contributed by atoms with Crippen molar-refractivity contribution >= 4 is 0 Å². The molecule has 96 valence electrons. The van der Waals surface area contributed by atoms with Crippen molar-refractivity contribution in [3.8, 4) is 0 Å². The van der Waals surface area contributed by atoms with E-state index in [4.69, 9.17) is 10.5 Å². The molecule has 1 aliphatic rings. The van der Waals surface area contributed by atoms with Crippen LogP contribution in [0.3, 0.4) is 0 Å². The fourth-order valence-electron chi connectivity index (χ4n) is 3.06. The lowest BCUT2D eigenvalue weighted by Gasteiger charge is -2.47. The molecule has 0 spiro atoms. The summed E-state index contributed by atoms with van der Waals surface area (Å²) < 4.78 is 5.23. The Balaban J connectivity index is 2.73. The van der Waals surface area contributed by atoms with E-state index in [2.05, 4.69) is 20.8 Å². The third-order valence-corrected chi connectivity index (χ3v) is 3.81. The van der Waals surface area contributed by atoms with Crippen LogP contribution in [-0.4, -0.2) is 31.5 Å². The smallest absolute Gasteiger partial charge is 0.149 e. The van der Waals surface area contributed by atoms with Gasteiger partial charge in [0.1, 0.15) is 12.2 Å². The van der Waals surface area contributed by atoms with Crippen molar-refractivity contribution in [3.05, 3.63) is 0 Å². The van der Waals surface area contributed by atoms with E-state index in [0.29, 0.717) is 0 Å². The van der Waals surface area contributed by atoms with Crippen LogP contribution in [0.15, 0.2) is 0 Å². The molecule has 3 nitrogen and oxygen atoms in total.